The molecule has 2 nitrogen and oxygen atoms in total. The Morgan fingerprint density at radius 1 is 1.00 bits per heavy atom. The van der Waals surface area contributed by atoms with Gasteiger partial charge in [-0.05, 0) is 34.1 Å². The van der Waals surface area contributed by atoms with E-state index in [9.17, 15) is 0 Å². The maximum Gasteiger partial charge on any atom is 0.0686 e. The molecule has 2 heterocycles. The summed E-state index contributed by atoms with van der Waals surface area (Å²) in [5, 5.41) is 4.50. The van der Waals surface area contributed by atoms with Crippen molar-refractivity contribution < 1.29 is 0 Å². The summed E-state index contributed by atoms with van der Waals surface area (Å²) >= 11 is 0. The minimum Gasteiger partial charge on any atom is -0.241 e. The number of hydrogen-bond acceptors (Lipinski definition) is 1. The highest BCUT2D eigenvalue weighted by molar-refractivity contribution is 5.59. The van der Waals surface area contributed by atoms with Crippen LogP contribution < -0.4 is 0 Å². The maximum absolute atomic E-state index is 4.50. The molecule has 0 spiro atoms. The van der Waals surface area contributed by atoms with Gasteiger partial charge in [-0.25, -0.2) is 4.52 Å². The molecule has 2 heteroatoms. The third-order valence-corrected chi connectivity index (χ3v) is 3.19. The Kier molecular flexibility index (Phi) is 2.57. The number of rotatable bonds is 0. The van der Waals surface area contributed by atoms with E-state index in [4.69, 9.17) is 0 Å². The third-order valence-electron chi connectivity index (χ3n) is 3.19. The molecule has 0 N–H and O–H groups in total. The van der Waals surface area contributed by atoms with Crippen molar-refractivity contribution in [1.82, 2.24) is 9.61 Å². The fourth-order valence-corrected chi connectivity index (χ4v) is 2.03. The van der Waals surface area contributed by atoms with E-state index in [1.807, 2.05) is 16.9 Å². The minimum atomic E-state index is 0.147. The van der Waals surface area contributed by atoms with Crippen molar-refractivity contribution in [3.8, 4) is 0 Å². The smallest absolute Gasteiger partial charge is 0.0686 e. The first-order valence-corrected chi connectivity index (χ1v) is 6.18. The summed E-state index contributed by atoms with van der Waals surface area (Å²) in [6, 6.07) is 4.45. The monoisotopic (exact) mass is 230 g/mol. The van der Waals surface area contributed by atoms with Crippen LogP contribution in [0.1, 0.15) is 52.7 Å². The van der Waals surface area contributed by atoms with Crippen molar-refractivity contribution >= 4 is 5.52 Å². The van der Waals surface area contributed by atoms with E-state index in [1.165, 1.54) is 16.6 Å². The maximum atomic E-state index is 4.50. The summed E-state index contributed by atoms with van der Waals surface area (Å²) < 4.78 is 1.97. The lowest BCUT2D eigenvalue weighted by atomic mass is 9.85. The van der Waals surface area contributed by atoms with Gasteiger partial charge in [-0.1, -0.05) is 41.5 Å². The molecule has 0 aliphatic heterocycles. The quantitative estimate of drug-likeness (QED) is 0.670. The highest BCUT2D eigenvalue weighted by atomic mass is 15.2. The molecule has 0 saturated carbocycles. The Morgan fingerprint density at radius 3 is 2.18 bits per heavy atom. The molecule has 0 atom stereocenters. The Bertz CT molecular complexity index is 536. The van der Waals surface area contributed by atoms with Crippen molar-refractivity contribution in [2.24, 2.45) is 0 Å². The van der Waals surface area contributed by atoms with Gasteiger partial charge in [0.1, 0.15) is 0 Å². The second kappa shape index (κ2) is 3.59. The fourth-order valence-electron chi connectivity index (χ4n) is 2.03. The minimum absolute atomic E-state index is 0.147. The first-order valence-electron chi connectivity index (χ1n) is 6.18. The lowest BCUT2D eigenvalue weighted by Crippen LogP contribution is -2.14. The molecule has 0 aliphatic rings. The van der Waals surface area contributed by atoms with Crippen LogP contribution in [0.2, 0.25) is 0 Å². The summed E-state index contributed by atoms with van der Waals surface area (Å²) in [5.41, 5.74) is 4.18. The predicted molar refractivity (Wildman–Crippen MR) is 72.6 cm³/mol. The van der Waals surface area contributed by atoms with Gasteiger partial charge in [-0.3, -0.25) is 0 Å². The molecule has 0 amide bonds. The Labute approximate surface area is 104 Å². The van der Waals surface area contributed by atoms with Crippen molar-refractivity contribution in [2.75, 3.05) is 0 Å². The van der Waals surface area contributed by atoms with E-state index >= 15 is 0 Å². The number of hydrogen-bond donors (Lipinski definition) is 0. The van der Waals surface area contributed by atoms with Crippen molar-refractivity contribution in [3.05, 3.63) is 35.7 Å². The van der Waals surface area contributed by atoms with Gasteiger partial charge in [0.05, 0.1) is 11.7 Å². The fraction of sp³-hybridized carbons (Fsp3) is 0.533. The second-order valence-corrected chi connectivity index (χ2v) is 6.80. The van der Waals surface area contributed by atoms with Crippen LogP contribution in [-0.4, -0.2) is 9.61 Å². The molecule has 0 fully saturated rings. The van der Waals surface area contributed by atoms with Crippen LogP contribution in [0.15, 0.2) is 24.5 Å². The van der Waals surface area contributed by atoms with Crippen LogP contribution >= 0.6 is 0 Å². The first-order chi connectivity index (χ1) is 7.69. The SMILES string of the molecule is CC(C)(C)c1cnn2ccc(C(C)(C)C)c2c1. The molecule has 0 aliphatic carbocycles. The Morgan fingerprint density at radius 2 is 1.65 bits per heavy atom. The topological polar surface area (TPSA) is 17.3 Å². The Balaban J connectivity index is 2.67. The molecule has 2 aromatic rings. The zero-order valence-corrected chi connectivity index (χ0v) is 11.7. The van der Waals surface area contributed by atoms with Crippen LogP contribution in [-0.2, 0) is 10.8 Å². The summed E-state index contributed by atoms with van der Waals surface area (Å²) in [5.74, 6) is 0. The third kappa shape index (κ3) is 2.21. The molecule has 0 bridgehead atoms. The molecule has 2 rings (SSSR count). The molecule has 0 radical (unpaired) electrons. The lowest BCUT2D eigenvalue weighted by molar-refractivity contribution is 0.581. The Hall–Kier alpha value is -1.31. The summed E-state index contributed by atoms with van der Waals surface area (Å²) in [7, 11) is 0. The van der Waals surface area contributed by atoms with Gasteiger partial charge in [0.15, 0.2) is 0 Å². The van der Waals surface area contributed by atoms with Crippen LogP contribution in [0.4, 0.5) is 0 Å². The molecular formula is C15H22N2. The van der Waals surface area contributed by atoms with Crippen LogP contribution in [0, 0.1) is 0 Å². The first kappa shape index (κ1) is 12.2. The summed E-state index contributed by atoms with van der Waals surface area (Å²) in [4.78, 5) is 0. The molecule has 0 saturated heterocycles. The number of fused-ring (bicyclic) bond motifs is 1. The lowest BCUT2D eigenvalue weighted by Gasteiger charge is -2.21. The molecule has 17 heavy (non-hydrogen) atoms. The summed E-state index contributed by atoms with van der Waals surface area (Å²) in [6.45, 7) is 13.4. The van der Waals surface area contributed by atoms with Crippen LogP contribution in [0.3, 0.4) is 0 Å². The zero-order chi connectivity index (χ0) is 12.8. The molecule has 0 unspecified atom stereocenters. The molecule has 0 aromatic carbocycles. The van der Waals surface area contributed by atoms with Gasteiger partial charge in [0.2, 0.25) is 0 Å². The van der Waals surface area contributed by atoms with Gasteiger partial charge >= 0.3 is 0 Å². The van der Waals surface area contributed by atoms with Crippen molar-refractivity contribution in [3.63, 3.8) is 0 Å². The predicted octanol–water partition coefficient (Wildman–Crippen LogP) is 3.93. The standard InChI is InChI=1S/C15H22N2/c1-14(2,3)11-9-13-12(15(4,5)6)7-8-17(13)16-10-11/h7-10H,1-6H3. The van der Waals surface area contributed by atoms with E-state index in [0.29, 0.717) is 0 Å². The van der Waals surface area contributed by atoms with E-state index in [2.05, 4.69) is 58.8 Å². The van der Waals surface area contributed by atoms with Crippen LogP contribution in [0.25, 0.3) is 5.52 Å². The van der Waals surface area contributed by atoms with Crippen molar-refractivity contribution in [1.29, 1.82) is 0 Å². The highest BCUT2D eigenvalue weighted by Crippen LogP contribution is 2.29. The largest absolute Gasteiger partial charge is 0.241 e. The average molecular weight is 230 g/mol. The van der Waals surface area contributed by atoms with E-state index in [1.54, 1.807) is 0 Å². The molecular weight excluding hydrogens is 208 g/mol. The second-order valence-electron chi connectivity index (χ2n) is 6.80. The van der Waals surface area contributed by atoms with Gasteiger partial charge in [-0.2, -0.15) is 5.10 Å². The van der Waals surface area contributed by atoms with Gasteiger partial charge < -0.3 is 0 Å². The van der Waals surface area contributed by atoms with Gasteiger partial charge in [-0.15, -0.1) is 0 Å². The van der Waals surface area contributed by atoms with E-state index in [0.717, 1.165) is 0 Å². The average Bonchev–Trinajstić information content (AvgIpc) is 2.57. The number of aromatic nitrogens is 2. The number of nitrogens with zero attached hydrogens (tertiary/aromatic N) is 2. The van der Waals surface area contributed by atoms with E-state index in [-0.39, 0.29) is 10.8 Å². The zero-order valence-electron chi connectivity index (χ0n) is 11.7. The van der Waals surface area contributed by atoms with Crippen molar-refractivity contribution in [2.45, 2.75) is 52.4 Å². The van der Waals surface area contributed by atoms with Gasteiger partial charge in [0, 0.05) is 6.20 Å². The molecule has 92 valence electrons. The summed E-state index contributed by atoms with van der Waals surface area (Å²) in [6.07, 6.45) is 4.02. The highest BCUT2D eigenvalue weighted by Gasteiger charge is 2.20. The van der Waals surface area contributed by atoms with E-state index < -0.39 is 0 Å². The van der Waals surface area contributed by atoms with Gasteiger partial charge in [0.25, 0.3) is 0 Å². The normalized spacial score (nSPS) is 13.3. The molecule has 2 aromatic heterocycles. The van der Waals surface area contributed by atoms with Crippen LogP contribution in [0.5, 0.6) is 0 Å².